The number of H-pyrrole nitrogens is 1. The second kappa shape index (κ2) is 8.35. The Morgan fingerprint density at radius 1 is 0.971 bits per heavy atom. The summed E-state index contributed by atoms with van der Waals surface area (Å²) in [6, 6.07) is 22.8. The minimum atomic E-state index is -1.06. The Hall–Kier alpha value is -3.54. The van der Waals surface area contributed by atoms with Crippen molar-refractivity contribution in [1.82, 2.24) is 14.5 Å². The average Bonchev–Trinajstić information content (AvgIpc) is 3.41. The SMILES string of the molecule is CC(C)(c1ccc(Cl)cc1)n1cnc(-c2ccccc2)c1-c1c(C(=O)O)[nH]c2cc(Cl)ccc12. The van der Waals surface area contributed by atoms with E-state index in [0.717, 1.165) is 16.5 Å². The molecule has 0 aliphatic heterocycles. The number of carbonyl (C=O) groups is 1. The highest BCUT2D eigenvalue weighted by Crippen LogP contribution is 2.42. The van der Waals surface area contributed by atoms with Gasteiger partial charge in [-0.25, -0.2) is 9.78 Å². The molecule has 0 fully saturated rings. The van der Waals surface area contributed by atoms with Crippen LogP contribution in [0.25, 0.3) is 33.4 Å². The number of carboxylic acid groups (broad SMARTS) is 1. The summed E-state index contributed by atoms with van der Waals surface area (Å²) >= 11 is 12.4. The van der Waals surface area contributed by atoms with Crippen molar-refractivity contribution in [2.75, 3.05) is 0 Å². The molecule has 0 aliphatic rings. The molecule has 0 saturated carbocycles. The zero-order valence-corrected chi connectivity index (χ0v) is 20.0. The fourth-order valence-corrected chi connectivity index (χ4v) is 4.69. The topological polar surface area (TPSA) is 70.9 Å². The van der Waals surface area contributed by atoms with Gasteiger partial charge in [-0.15, -0.1) is 0 Å². The zero-order chi connectivity index (χ0) is 24.0. The highest BCUT2D eigenvalue weighted by molar-refractivity contribution is 6.31. The molecular weight excluding hydrogens is 469 g/mol. The second-order valence-corrected chi connectivity index (χ2v) is 9.49. The van der Waals surface area contributed by atoms with Gasteiger partial charge in [0.2, 0.25) is 0 Å². The third kappa shape index (κ3) is 3.67. The van der Waals surface area contributed by atoms with Gasteiger partial charge in [0.15, 0.2) is 0 Å². The van der Waals surface area contributed by atoms with Crippen LogP contribution in [-0.2, 0) is 5.54 Å². The summed E-state index contributed by atoms with van der Waals surface area (Å²) in [6.07, 6.45) is 1.77. The summed E-state index contributed by atoms with van der Waals surface area (Å²) < 4.78 is 2.03. The standard InChI is InChI=1S/C27H21Cl2N3O2/c1-27(2,17-8-10-18(28)11-9-17)32-15-30-23(16-6-4-3-5-7-16)25(32)22-20-13-12-19(29)14-21(20)31-24(22)26(33)34/h3-15,31H,1-2H3,(H,33,34). The van der Waals surface area contributed by atoms with Crippen molar-refractivity contribution in [3.8, 4) is 22.5 Å². The Bertz CT molecular complexity index is 1520. The molecule has 0 radical (unpaired) electrons. The molecule has 0 spiro atoms. The fourth-order valence-electron chi connectivity index (χ4n) is 4.39. The molecule has 5 nitrogen and oxygen atoms in total. The monoisotopic (exact) mass is 489 g/mol. The van der Waals surface area contributed by atoms with Gasteiger partial charge in [-0.3, -0.25) is 0 Å². The van der Waals surface area contributed by atoms with Crippen molar-refractivity contribution >= 4 is 40.1 Å². The Morgan fingerprint density at radius 3 is 2.32 bits per heavy atom. The van der Waals surface area contributed by atoms with Crippen LogP contribution in [0.3, 0.4) is 0 Å². The molecule has 3 aromatic carbocycles. The molecule has 5 rings (SSSR count). The lowest BCUT2D eigenvalue weighted by Crippen LogP contribution is -2.28. The number of aromatic amines is 1. The molecule has 2 N–H and O–H groups in total. The molecule has 0 bridgehead atoms. The highest BCUT2D eigenvalue weighted by Gasteiger charge is 2.32. The van der Waals surface area contributed by atoms with E-state index in [9.17, 15) is 9.90 Å². The number of carboxylic acids is 1. The first-order valence-electron chi connectivity index (χ1n) is 10.7. The summed E-state index contributed by atoms with van der Waals surface area (Å²) in [5.41, 5.74) is 4.04. The molecule has 5 aromatic rings. The van der Waals surface area contributed by atoms with Crippen molar-refractivity contribution < 1.29 is 9.90 Å². The number of rotatable bonds is 5. The Balaban J connectivity index is 1.87. The third-order valence-electron chi connectivity index (χ3n) is 6.18. The van der Waals surface area contributed by atoms with Crippen LogP contribution in [0.2, 0.25) is 10.0 Å². The van der Waals surface area contributed by atoms with E-state index in [1.165, 1.54) is 0 Å². The highest BCUT2D eigenvalue weighted by atomic mass is 35.5. The lowest BCUT2D eigenvalue weighted by molar-refractivity contribution is 0.0692. The molecule has 2 heterocycles. The summed E-state index contributed by atoms with van der Waals surface area (Å²) in [5, 5.41) is 12.1. The number of halogens is 2. The lowest BCUT2D eigenvalue weighted by Gasteiger charge is -2.30. The van der Waals surface area contributed by atoms with Gasteiger partial charge in [-0.2, -0.15) is 0 Å². The molecule has 0 unspecified atom stereocenters. The minimum Gasteiger partial charge on any atom is -0.477 e. The van der Waals surface area contributed by atoms with Gasteiger partial charge < -0.3 is 14.7 Å². The zero-order valence-electron chi connectivity index (χ0n) is 18.5. The number of aromatic carboxylic acids is 1. The Morgan fingerprint density at radius 2 is 1.65 bits per heavy atom. The van der Waals surface area contributed by atoms with Crippen molar-refractivity contribution in [3.63, 3.8) is 0 Å². The first kappa shape index (κ1) is 22.3. The van der Waals surface area contributed by atoms with E-state index in [0.29, 0.717) is 32.5 Å². The second-order valence-electron chi connectivity index (χ2n) is 8.61. The van der Waals surface area contributed by atoms with Gasteiger partial charge in [0.1, 0.15) is 5.69 Å². The summed E-state index contributed by atoms with van der Waals surface area (Å²) in [6.45, 7) is 4.14. The first-order chi connectivity index (χ1) is 16.3. The van der Waals surface area contributed by atoms with Crippen molar-refractivity contribution in [1.29, 1.82) is 0 Å². The van der Waals surface area contributed by atoms with E-state index in [2.05, 4.69) is 18.8 Å². The smallest absolute Gasteiger partial charge is 0.353 e. The molecule has 7 heteroatoms. The van der Waals surface area contributed by atoms with Crippen molar-refractivity contribution in [3.05, 3.63) is 100 Å². The lowest BCUT2D eigenvalue weighted by atomic mass is 9.92. The molecule has 0 atom stereocenters. The van der Waals surface area contributed by atoms with E-state index in [1.807, 2.05) is 65.2 Å². The summed E-state index contributed by atoms with van der Waals surface area (Å²) in [4.78, 5) is 20.2. The maximum atomic E-state index is 12.4. The number of fused-ring (bicyclic) bond motifs is 1. The molecule has 0 aliphatic carbocycles. The number of hydrogen-bond acceptors (Lipinski definition) is 2. The molecule has 34 heavy (non-hydrogen) atoms. The largest absolute Gasteiger partial charge is 0.477 e. The van der Waals surface area contributed by atoms with E-state index in [1.54, 1.807) is 18.5 Å². The Labute approximate surface area is 206 Å². The van der Waals surface area contributed by atoms with Crippen molar-refractivity contribution in [2.45, 2.75) is 19.4 Å². The van der Waals surface area contributed by atoms with Crippen molar-refractivity contribution in [2.24, 2.45) is 0 Å². The summed E-state index contributed by atoms with van der Waals surface area (Å²) in [7, 11) is 0. The first-order valence-corrected chi connectivity index (χ1v) is 11.5. The molecule has 170 valence electrons. The molecule has 2 aromatic heterocycles. The Kier molecular flexibility index (Phi) is 5.47. The summed E-state index contributed by atoms with van der Waals surface area (Å²) in [5.74, 6) is -1.06. The van der Waals surface area contributed by atoms with Crippen LogP contribution in [0.5, 0.6) is 0 Å². The quantitative estimate of drug-likeness (QED) is 0.268. The van der Waals surface area contributed by atoms with Crippen LogP contribution >= 0.6 is 23.2 Å². The number of aromatic nitrogens is 3. The van der Waals surface area contributed by atoms with Crippen LogP contribution in [-0.4, -0.2) is 25.6 Å². The van der Waals surface area contributed by atoms with Gasteiger partial charge in [-0.05, 0) is 43.7 Å². The van der Waals surface area contributed by atoms with Gasteiger partial charge >= 0.3 is 5.97 Å². The number of nitrogens with zero attached hydrogens (tertiary/aromatic N) is 2. The predicted molar refractivity (Wildman–Crippen MR) is 137 cm³/mol. The molecule has 0 saturated heterocycles. The van der Waals surface area contributed by atoms with Crippen LogP contribution in [0.15, 0.2) is 79.1 Å². The van der Waals surface area contributed by atoms with Crippen LogP contribution in [0.4, 0.5) is 0 Å². The molecular formula is C27H21Cl2N3O2. The average molecular weight is 490 g/mol. The number of benzene rings is 3. The van der Waals surface area contributed by atoms with Crippen LogP contribution in [0, 0.1) is 0 Å². The van der Waals surface area contributed by atoms with Gasteiger partial charge in [0.05, 0.1) is 23.3 Å². The minimum absolute atomic E-state index is 0.0862. The van der Waals surface area contributed by atoms with E-state index >= 15 is 0 Å². The fraction of sp³-hybridized carbons (Fsp3) is 0.111. The maximum Gasteiger partial charge on any atom is 0.353 e. The number of nitrogens with one attached hydrogen (secondary N) is 1. The van der Waals surface area contributed by atoms with E-state index in [4.69, 9.17) is 28.2 Å². The van der Waals surface area contributed by atoms with Gasteiger partial charge in [-0.1, -0.05) is 71.7 Å². The van der Waals surface area contributed by atoms with E-state index < -0.39 is 11.5 Å². The number of imidazole rings is 1. The normalized spacial score (nSPS) is 11.8. The third-order valence-corrected chi connectivity index (χ3v) is 6.67. The maximum absolute atomic E-state index is 12.4. The molecule has 0 amide bonds. The van der Waals surface area contributed by atoms with Crippen LogP contribution < -0.4 is 0 Å². The van der Waals surface area contributed by atoms with E-state index in [-0.39, 0.29) is 5.69 Å². The number of hydrogen-bond donors (Lipinski definition) is 2. The van der Waals surface area contributed by atoms with Gasteiger partial charge in [0, 0.05) is 32.1 Å². The van der Waals surface area contributed by atoms with Crippen LogP contribution in [0.1, 0.15) is 29.9 Å². The van der Waals surface area contributed by atoms with Gasteiger partial charge in [0.25, 0.3) is 0 Å². The predicted octanol–water partition coefficient (Wildman–Crippen LogP) is 7.49.